The number of hydrogen-bond donors (Lipinski definition) is 2. The predicted octanol–water partition coefficient (Wildman–Crippen LogP) is 3.07. The summed E-state index contributed by atoms with van der Waals surface area (Å²) in [7, 11) is 5.05. The van der Waals surface area contributed by atoms with Crippen LogP contribution in [0.25, 0.3) is 0 Å². The molecule has 0 spiro atoms. The molecule has 0 heterocycles. The summed E-state index contributed by atoms with van der Waals surface area (Å²) in [6.45, 7) is 1.84. The van der Waals surface area contributed by atoms with E-state index in [1.54, 1.807) is 21.3 Å². The van der Waals surface area contributed by atoms with Gasteiger partial charge in [-0.05, 0) is 42.0 Å². The highest BCUT2D eigenvalue weighted by Gasteiger charge is 2.00. The van der Waals surface area contributed by atoms with E-state index in [0.717, 1.165) is 28.8 Å². The number of halogens is 1. The first kappa shape index (κ1) is 21.9. The second-order valence-electron chi connectivity index (χ2n) is 5.23. The van der Waals surface area contributed by atoms with Crippen molar-refractivity contribution in [1.29, 1.82) is 0 Å². The number of benzene rings is 2. The van der Waals surface area contributed by atoms with Crippen molar-refractivity contribution in [2.24, 2.45) is 4.99 Å². The van der Waals surface area contributed by atoms with E-state index in [1.165, 1.54) is 0 Å². The summed E-state index contributed by atoms with van der Waals surface area (Å²) in [5, 5.41) is 6.48. The summed E-state index contributed by atoms with van der Waals surface area (Å²) in [6, 6.07) is 15.4. The maximum absolute atomic E-state index is 5.68. The van der Waals surface area contributed by atoms with Gasteiger partial charge in [0.25, 0.3) is 0 Å². The summed E-state index contributed by atoms with van der Waals surface area (Å²) in [5.41, 5.74) is 1.12. The van der Waals surface area contributed by atoms with Crippen LogP contribution in [0.3, 0.4) is 0 Å². The van der Waals surface area contributed by atoms with Gasteiger partial charge in [-0.25, -0.2) is 0 Å². The quantitative estimate of drug-likeness (QED) is 0.268. The lowest BCUT2D eigenvalue weighted by Gasteiger charge is -2.13. The van der Waals surface area contributed by atoms with Crippen molar-refractivity contribution in [3.63, 3.8) is 0 Å². The van der Waals surface area contributed by atoms with Crippen molar-refractivity contribution in [3.05, 3.63) is 54.1 Å². The average molecular weight is 471 g/mol. The third-order valence-corrected chi connectivity index (χ3v) is 3.54. The molecule has 0 amide bonds. The molecule has 142 valence electrons. The van der Waals surface area contributed by atoms with Crippen LogP contribution in [-0.4, -0.2) is 40.4 Å². The molecule has 0 atom stereocenters. The Morgan fingerprint density at radius 3 is 2.27 bits per heavy atom. The molecule has 7 heteroatoms. The van der Waals surface area contributed by atoms with Crippen LogP contribution in [0.5, 0.6) is 17.2 Å². The van der Waals surface area contributed by atoms with Crippen molar-refractivity contribution in [2.45, 2.75) is 6.54 Å². The minimum Gasteiger partial charge on any atom is -0.497 e. The molecule has 0 aliphatic rings. The minimum absolute atomic E-state index is 0. The van der Waals surface area contributed by atoms with Gasteiger partial charge in [0.1, 0.15) is 23.9 Å². The molecule has 0 bridgehead atoms. The van der Waals surface area contributed by atoms with Crippen LogP contribution in [0.4, 0.5) is 0 Å². The van der Waals surface area contributed by atoms with Crippen LogP contribution in [0, 0.1) is 0 Å². The number of aliphatic imine (C=N–C) groups is 1. The smallest absolute Gasteiger partial charge is 0.191 e. The van der Waals surface area contributed by atoms with Gasteiger partial charge in [-0.15, -0.1) is 24.0 Å². The van der Waals surface area contributed by atoms with E-state index in [2.05, 4.69) is 15.6 Å². The monoisotopic (exact) mass is 471 g/mol. The third-order valence-electron chi connectivity index (χ3n) is 3.54. The standard InChI is InChI=1S/C19H25N3O3.HI/c1-20-19(22-14-15-5-4-6-18(13-15)24-3)21-11-12-25-17-9-7-16(23-2)8-10-17;/h4-10,13H,11-12,14H2,1-3H3,(H2,20,21,22);1H. The van der Waals surface area contributed by atoms with Gasteiger partial charge < -0.3 is 24.8 Å². The largest absolute Gasteiger partial charge is 0.497 e. The number of methoxy groups -OCH3 is 2. The summed E-state index contributed by atoms with van der Waals surface area (Å²) < 4.78 is 16.0. The van der Waals surface area contributed by atoms with Gasteiger partial charge in [0.15, 0.2) is 5.96 Å². The fourth-order valence-corrected chi connectivity index (χ4v) is 2.20. The van der Waals surface area contributed by atoms with Gasteiger partial charge in [0.2, 0.25) is 0 Å². The Morgan fingerprint density at radius 1 is 0.923 bits per heavy atom. The van der Waals surface area contributed by atoms with Gasteiger partial charge in [0, 0.05) is 13.6 Å². The molecule has 0 aliphatic carbocycles. The number of guanidine groups is 1. The van der Waals surface area contributed by atoms with E-state index in [9.17, 15) is 0 Å². The first-order chi connectivity index (χ1) is 12.2. The number of rotatable bonds is 8. The zero-order chi connectivity index (χ0) is 17.9. The summed E-state index contributed by atoms with van der Waals surface area (Å²) in [5.74, 6) is 3.19. The molecule has 2 aromatic carbocycles. The molecule has 0 saturated heterocycles. The van der Waals surface area contributed by atoms with E-state index >= 15 is 0 Å². The van der Waals surface area contributed by atoms with E-state index in [-0.39, 0.29) is 24.0 Å². The Kier molecular flexibility index (Phi) is 10.3. The van der Waals surface area contributed by atoms with Crippen molar-refractivity contribution in [3.8, 4) is 17.2 Å². The second-order valence-corrected chi connectivity index (χ2v) is 5.23. The lowest BCUT2D eigenvalue weighted by Crippen LogP contribution is -2.38. The molecular weight excluding hydrogens is 445 g/mol. The molecule has 2 rings (SSSR count). The number of nitrogens with one attached hydrogen (secondary N) is 2. The fraction of sp³-hybridized carbons (Fsp3) is 0.316. The van der Waals surface area contributed by atoms with Gasteiger partial charge >= 0.3 is 0 Å². The van der Waals surface area contributed by atoms with Crippen molar-refractivity contribution >= 4 is 29.9 Å². The highest BCUT2D eigenvalue weighted by Crippen LogP contribution is 2.16. The fourth-order valence-electron chi connectivity index (χ4n) is 2.20. The Balaban J connectivity index is 0.00000338. The van der Waals surface area contributed by atoms with Crippen LogP contribution < -0.4 is 24.8 Å². The lowest BCUT2D eigenvalue weighted by atomic mass is 10.2. The summed E-state index contributed by atoms with van der Waals surface area (Å²) in [6.07, 6.45) is 0. The molecule has 2 N–H and O–H groups in total. The van der Waals surface area contributed by atoms with Gasteiger partial charge in [0.05, 0.1) is 20.8 Å². The van der Waals surface area contributed by atoms with E-state index in [0.29, 0.717) is 19.7 Å². The van der Waals surface area contributed by atoms with Crippen LogP contribution in [0.15, 0.2) is 53.5 Å². The number of hydrogen-bond acceptors (Lipinski definition) is 4. The molecular formula is C19H26IN3O3. The Labute approximate surface area is 172 Å². The van der Waals surface area contributed by atoms with Crippen LogP contribution in [0.2, 0.25) is 0 Å². The normalized spacial score (nSPS) is 10.5. The first-order valence-corrected chi connectivity index (χ1v) is 8.09. The zero-order valence-electron chi connectivity index (χ0n) is 15.3. The second kappa shape index (κ2) is 12.2. The summed E-state index contributed by atoms with van der Waals surface area (Å²) >= 11 is 0. The van der Waals surface area contributed by atoms with E-state index in [4.69, 9.17) is 14.2 Å². The van der Waals surface area contributed by atoms with Crippen molar-refractivity contribution < 1.29 is 14.2 Å². The minimum atomic E-state index is 0. The molecule has 0 unspecified atom stereocenters. The molecule has 0 radical (unpaired) electrons. The van der Waals surface area contributed by atoms with Crippen LogP contribution in [0.1, 0.15) is 5.56 Å². The lowest BCUT2D eigenvalue weighted by molar-refractivity contribution is 0.321. The van der Waals surface area contributed by atoms with E-state index in [1.807, 2.05) is 48.5 Å². The summed E-state index contributed by atoms with van der Waals surface area (Å²) in [4.78, 5) is 4.20. The maximum Gasteiger partial charge on any atom is 0.191 e. The Hall–Kier alpha value is -2.16. The third kappa shape index (κ3) is 7.38. The zero-order valence-corrected chi connectivity index (χ0v) is 17.7. The van der Waals surface area contributed by atoms with Crippen molar-refractivity contribution in [2.75, 3.05) is 34.4 Å². The average Bonchev–Trinajstić information content (AvgIpc) is 2.68. The number of nitrogens with zero attached hydrogens (tertiary/aromatic N) is 1. The molecule has 0 saturated carbocycles. The molecule has 0 aromatic heterocycles. The molecule has 0 fully saturated rings. The van der Waals surface area contributed by atoms with Crippen molar-refractivity contribution in [1.82, 2.24) is 10.6 Å². The van der Waals surface area contributed by atoms with Gasteiger partial charge in [-0.1, -0.05) is 12.1 Å². The highest BCUT2D eigenvalue weighted by molar-refractivity contribution is 14.0. The van der Waals surface area contributed by atoms with Gasteiger partial charge in [-0.3, -0.25) is 4.99 Å². The molecule has 26 heavy (non-hydrogen) atoms. The van der Waals surface area contributed by atoms with Gasteiger partial charge in [-0.2, -0.15) is 0 Å². The molecule has 0 aliphatic heterocycles. The first-order valence-electron chi connectivity index (χ1n) is 8.09. The predicted molar refractivity (Wildman–Crippen MR) is 115 cm³/mol. The molecule has 2 aromatic rings. The van der Waals surface area contributed by atoms with Crippen LogP contribution in [-0.2, 0) is 6.54 Å². The van der Waals surface area contributed by atoms with E-state index < -0.39 is 0 Å². The van der Waals surface area contributed by atoms with Crippen LogP contribution >= 0.6 is 24.0 Å². The SMILES string of the molecule is CN=C(NCCOc1ccc(OC)cc1)NCc1cccc(OC)c1.I. The Bertz CT molecular complexity index is 678. The highest BCUT2D eigenvalue weighted by atomic mass is 127. The maximum atomic E-state index is 5.68. The molecule has 6 nitrogen and oxygen atoms in total. The Morgan fingerprint density at radius 2 is 1.62 bits per heavy atom. The number of ether oxygens (including phenoxy) is 3. The topological polar surface area (TPSA) is 64.1 Å².